The molecule has 0 bridgehead atoms. The molecule has 2 N–H and O–H groups in total. The minimum atomic E-state index is -1.04. The van der Waals surface area contributed by atoms with E-state index in [-0.39, 0.29) is 30.9 Å². The molecule has 0 heterocycles. The molecule has 0 saturated heterocycles. The molecule has 7 heteroatoms. The summed E-state index contributed by atoms with van der Waals surface area (Å²) in [7, 11) is 1.53. The van der Waals surface area contributed by atoms with Crippen molar-refractivity contribution >= 4 is 18.0 Å². The van der Waals surface area contributed by atoms with Crippen LogP contribution in [-0.2, 0) is 14.3 Å². The van der Waals surface area contributed by atoms with Crippen molar-refractivity contribution in [2.45, 2.75) is 50.1 Å². The van der Waals surface area contributed by atoms with E-state index in [0.29, 0.717) is 19.3 Å². The largest absolute Gasteiger partial charge is 0.479 e. The number of nitrogens with zero attached hydrogens (tertiary/aromatic N) is 1. The summed E-state index contributed by atoms with van der Waals surface area (Å²) in [6, 6.07) is 16.0. The fraction of sp³-hybridized carbons (Fsp3) is 0.400. The second-order valence-electron chi connectivity index (χ2n) is 8.70. The number of ether oxygens (including phenoxy) is 1. The molecule has 1 fully saturated rings. The van der Waals surface area contributed by atoms with E-state index in [1.165, 1.54) is 23.1 Å². The van der Waals surface area contributed by atoms with Gasteiger partial charge in [-0.2, -0.15) is 0 Å². The molecule has 4 rings (SSSR count). The number of benzene rings is 2. The van der Waals surface area contributed by atoms with Crippen molar-refractivity contribution in [1.82, 2.24) is 10.2 Å². The lowest BCUT2D eigenvalue weighted by Gasteiger charge is -2.25. The summed E-state index contributed by atoms with van der Waals surface area (Å²) in [6.45, 7) is 2.04. The zero-order valence-corrected chi connectivity index (χ0v) is 18.3. The first-order valence-corrected chi connectivity index (χ1v) is 10.9. The molecule has 0 aromatic heterocycles. The van der Waals surface area contributed by atoms with E-state index >= 15 is 0 Å². The Balaban J connectivity index is 1.27. The number of aliphatic carboxylic acids is 1. The van der Waals surface area contributed by atoms with Crippen LogP contribution < -0.4 is 5.32 Å². The van der Waals surface area contributed by atoms with E-state index in [1.807, 2.05) is 24.3 Å². The van der Waals surface area contributed by atoms with Gasteiger partial charge in [0, 0.05) is 25.4 Å². The van der Waals surface area contributed by atoms with Crippen LogP contribution in [0.1, 0.15) is 49.7 Å². The van der Waals surface area contributed by atoms with Gasteiger partial charge in [-0.15, -0.1) is 0 Å². The van der Waals surface area contributed by atoms with Crippen LogP contribution in [0.3, 0.4) is 0 Å². The highest BCUT2D eigenvalue weighted by Gasteiger charge is 2.55. The quantitative estimate of drug-likeness (QED) is 0.657. The van der Waals surface area contributed by atoms with Crippen molar-refractivity contribution in [3.63, 3.8) is 0 Å². The lowest BCUT2D eigenvalue weighted by atomic mass is 9.98. The van der Waals surface area contributed by atoms with Gasteiger partial charge in [-0.25, -0.2) is 9.59 Å². The number of hydrogen-bond donors (Lipinski definition) is 2. The second kappa shape index (κ2) is 8.65. The molecule has 1 saturated carbocycles. The normalized spacial score (nSPS) is 16.4. The lowest BCUT2D eigenvalue weighted by Crippen LogP contribution is -2.45. The molecule has 2 aromatic rings. The molecule has 0 aliphatic heterocycles. The molecule has 2 amide bonds. The average molecular weight is 437 g/mol. The molecule has 7 nitrogen and oxygen atoms in total. The molecule has 2 aliphatic carbocycles. The van der Waals surface area contributed by atoms with Gasteiger partial charge >= 0.3 is 12.1 Å². The number of rotatable bonds is 8. The van der Waals surface area contributed by atoms with E-state index in [4.69, 9.17) is 4.74 Å². The van der Waals surface area contributed by atoms with Crippen LogP contribution >= 0.6 is 0 Å². The number of hydrogen-bond acceptors (Lipinski definition) is 4. The fourth-order valence-corrected chi connectivity index (χ4v) is 4.47. The highest BCUT2D eigenvalue weighted by molar-refractivity contribution is 5.89. The predicted molar refractivity (Wildman–Crippen MR) is 119 cm³/mol. The standard InChI is InChI=1S/C25H28N2O5/c1-16(11-12-22(28)27(2)25(13-14-25)23(29)30)26-24(31)32-15-21-19-9-5-3-7-17(19)18-8-4-6-10-20(18)21/h3-10,16,21H,11-15H2,1-2H3,(H,26,31)(H,29,30). The van der Waals surface area contributed by atoms with E-state index in [2.05, 4.69) is 29.6 Å². The van der Waals surface area contributed by atoms with Crippen LogP contribution in [0.4, 0.5) is 4.79 Å². The third-order valence-corrected chi connectivity index (χ3v) is 6.64. The zero-order valence-electron chi connectivity index (χ0n) is 18.3. The monoisotopic (exact) mass is 436 g/mol. The van der Waals surface area contributed by atoms with Crippen LogP contribution in [0.25, 0.3) is 11.1 Å². The van der Waals surface area contributed by atoms with Crippen molar-refractivity contribution in [3.8, 4) is 11.1 Å². The Bertz CT molecular complexity index is 1000. The number of carbonyl (C=O) groups excluding carboxylic acids is 2. The molecule has 0 spiro atoms. The smallest absolute Gasteiger partial charge is 0.407 e. The van der Waals surface area contributed by atoms with Gasteiger partial charge in [-0.1, -0.05) is 48.5 Å². The van der Waals surface area contributed by atoms with Crippen molar-refractivity contribution < 1.29 is 24.2 Å². The lowest BCUT2D eigenvalue weighted by molar-refractivity contribution is -0.151. The molecule has 2 aliphatic rings. The van der Waals surface area contributed by atoms with Crippen molar-refractivity contribution in [3.05, 3.63) is 59.7 Å². The first-order valence-electron chi connectivity index (χ1n) is 10.9. The Hall–Kier alpha value is -3.35. The van der Waals surface area contributed by atoms with Crippen molar-refractivity contribution in [1.29, 1.82) is 0 Å². The third-order valence-electron chi connectivity index (χ3n) is 6.64. The van der Waals surface area contributed by atoms with E-state index < -0.39 is 17.6 Å². The first kappa shape index (κ1) is 21.9. The van der Waals surface area contributed by atoms with Crippen LogP contribution in [0.5, 0.6) is 0 Å². The number of amides is 2. The summed E-state index contributed by atoms with van der Waals surface area (Å²) in [5.41, 5.74) is 3.60. The Morgan fingerprint density at radius 2 is 1.66 bits per heavy atom. The summed E-state index contributed by atoms with van der Waals surface area (Å²) in [5, 5.41) is 12.1. The molecule has 168 valence electrons. The number of likely N-dealkylation sites (N-methyl/N-ethyl adjacent to an activating group) is 1. The molecule has 1 unspecified atom stereocenters. The zero-order chi connectivity index (χ0) is 22.9. The number of nitrogens with one attached hydrogen (secondary N) is 1. The molecule has 1 atom stereocenters. The summed E-state index contributed by atoms with van der Waals surface area (Å²) in [4.78, 5) is 37.5. The Morgan fingerprint density at radius 1 is 1.09 bits per heavy atom. The van der Waals surface area contributed by atoms with Crippen LogP contribution in [-0.4, -0.2) is 53.2 Å². The first-order chi connectivity index (χ1) is 15.3. The molecule has 2 aromatic carbocycles. The third kappa shape index (κ3) is 4.07. The van der Waals surface area contributed by atoms with Crippen molar-refractivity contribution in [2.75, 3.05) is 13.7 Å². The van der Waals surface area contributed by atoms with Gasteiger partial charge in [0.1, 0.15) is 12.1 Å². The van der Waals surface area contributed by atoms with E-state index in [1.54, 1.807) is 6.92 Å². The average Bonchev–Trinajstić information content (AvgIpc) is 3.54. The van der Waals surface area contributed by atoms with Gasteiger partial charge in [0.05, 0.1) is 0 Å². The molecule has 32 heavy (non-hydrogen) atoms. The molecular weight excluding hydrogens is 408 g/mol. The maximum atomic E-state index is 12.4. The summed E-state index contributed by atoms with van der Waals surface area (Å²) in [6.07, 6.45) is 1.01. The van der Waals surface area contributed by atoms with Gasteiger partial charge in [0.2, 0.25) is 5.91 Å². The van der Waals surface area contributed by atoms with Gasteiger partial charge in [-0.05, 0) is 48.4 Å². The Labute approximate surface area is 187 Å². The topological polar surface area (TPSA) is 95.9 Å². The Morgan fingerprint density at radius 3 is 2.19 bits per heavy atom. The minimum Gasteiger partial charge on any atom is -0.479 e. The number of alkyl carbamates (subject to hydrolysis) is 1. The van der Waals surface area contributed by atoms with Crippen molar-refractivity contribution in [2.24, 2.45) is 0 Å². The van der Waals surface area contributed by atoms with E-state index in [0.717, 1.165) is 11.1 Å². The minimum absolute atomic E-state index is 0.00978. The highest BCUT2D eigenvalue weighted by atomic mass is 16.5. The summed E-state index contributed by atoms with van der Waals surface area (Å²) >= 11 is 0. The second-order valence-corrected chi connectivity index (χ2v) is 8.70. The van der Waals surface area contributed by atoms with E-state index in [9.17, 15) is 19.5 Å². The maximum absolute atomic E-state index is 12.4. The van der Waals surface area contributed by atoms with Gasteiger partial charge in [0.25, 0.3) is 0 Å². The van der Waals surface area contributed by atoms with Gasteiger partial charge < -0.3 is 20.1 Å². The molecular formula is C25H28N2O5. The van der Waals surface area contributed by atoms with Gasteiger partial charge in [-0.3, -0.25) is 4.79 Å². The molecule has 0 radical (unpaired) electrons. The van der Waals surface area contributed by atoms with Gasteiger partial charge in [0.15, 0.2) is 0 Å². The maximum Gasteiger partial charge on any atom is 0.407 e. The fourth-order valence-electron chi connectivity index (χ4n) is 4.47. The number of carbonyl (C=O) groups is 3. The number of fused-ring (bicyclic) bond motifs is 3. The number of carboxylic acids is 1. The Kier molecular flexibility index (Phi) is 5.91. The van der Waals surface area contributed by atoms with Crippen LogP contribution in [0, 0.1) is 0 Å². The summed E-state index contributed by atoms with van der Waals surface area (Å²) < 4.78 is 5.54. The van der Waals surface area contributed by atoms with Crippen LogP contribution in [0.2, 0.25) is 0 Å². The highest BCUT2D eigenvalue weighted by Crippen LogP contribution is 2.44. The SMILES string of the molecule is CC(CCC(=O)N(C)C1(C(=O)O)CC1)NC(=O)OCC1c2ccccc2-c2ccccc21. The van der Waals surface area contributed by atoms with Crippen LogP contribution in [0.15, 0.2) is 48.5 Å². The predicted octanol–water partition coefficient (Wildman–Crippen LogP) is 3.77. The number of carboxylic acid groups (broad SMARTS) is 1. The summed E-state index contributed by atoms with van der Waals surface area (Å²) in [5.74, 6) is -1.20.